The van der Waals surface area contributed by atoms with E-state index in [0.29, 0.717) is 38.5 Å². The standard InChI is InChI=1S/C57H94O28S/c1-21(2)16-26(59)19-57(9,71)34-11-10-29-28-18-32(31-17-27(85-86(72,73)74)12-14-55(31,7)30(28)13-15-56(29,34)8)79-52-45(70)47(38(63)25(6)77-52)82-54-49(84-51-43(68)40(65)36(61)23(4)76-51)44(69)46(33(20-58)80-54)81-53-48(41(66)37(62)24(5)78-53)83-50-42(67)39(64)35(60)22(3)75-50/h13,21-25,27-29,31-54,58,60-71H,10-12,14-20H2,1-9H3,(H,72,73,74)/p-1/t22-,23-,24-,25-,27+,28+,29+,31-,32+,33-,34+,35+,36-,37-,38-,39+,40+,41+,42-,43-,44+,45-,46-,47+,48-,49-,50+,51+,52+,53+,54+,55-,56+,57+/m1/s1. The van der Waals surface area contributed by atoms with Gasteiger partial charge in [0.2, 0.25) is 10.4 Å². The van der Waals surface area contributed by atoms with Crippen LogP contribution in [0.4, 0.5) is 0 Å². The third kappa shape index (κ3) is 13.4. The molecule has 0 bridgehead atoms. The molecule has 4 aliphatic carbocycles. The third-order valence-corrected chi connectivity index (χ3v) is 21.1. The Morgan fingerprint density at radius 1 is 0.628 bits per heavy atom. The molecule has 0 spiro atoms. The molecular weight excluding hydrogens is 1160 g/mol. The Morgan fingerprint density at radius 2 is 1.13 bits per heavy atom. The minimum absolute atomic E-state index is 0.000907. The largest absolute Gasteiger partial charge is 0.726 e. The van der Waals surface area contributed by atoms with Crippen molar-refractivity contribution in [2.45, 2.75) is 291 Å². The fraction of sp³-hybridized carbons (Fsp3) is 0.947. The van der Waals surface area contributed by atoms with Crippen molar-refractivity contribution in [3.05, 3.63) is 11.6 Å². The third-order valence-electron chi connectivity index (χ3n) is 20.6. The number of ether oxygens (including phenoxy) is 10. The van der Waals surface area contributed by atoms with E-state index >= 15 is 0 Å². The zero-order valence-corrected chi connectivity index (χ0v) is 50.8. The number of ketones is 1. The van der Waals surface area contributed by atoms with Crippen molar-refractivity contribution in [3.8, 4) is 0 Å². The molecule has 29 heteroatoms. The average molecular weight is 1260 g/mol. The van der Waals surface area contributed by atoms with Crippen LogP contribution in [0, 0.1) is 40.4 Å². The molecule has 5 saturated heterocycles. The molecule has 86 heavy (non-hydrogen) atoms. The van der Waals surface area contributed by atoms with Crippen LogP contribution >= 0.6 is 0 Å². The van der Waals surface area contributed by atoms with Gasteiger partial charge in [-0.3, -0.25) is 8.98 Å². The van der Waals surface area contributed by atoms with Gasteiger partial charge in [0.15, 0.2) is 31.5 Å². The van der Waals surface area contributed by atoms with E-state index in [1.54, 1.807) is 6.92 Å². The Labute approximate surface area is 500 Å². The van der Waals surface area contributed by atoms with Crippen molar-refractivity contribution in [2.75, 3.05) is 6.61 Å². The molecule has 5 aliphatic heterocycles. The summed E-state index contributed by atoms with van der Waals surface area (Å²) in [4.78, 5) is 13.2. The summed E-state index contributed by atoms with van der Waals surface area (Å²) in [5.74, 6) is -0.926. The molecule has 496 valence electrons. The molecule has 9 aliphatic rings. The highest BCUT2D eigenvalue weighted by atomic mass is 32.3. The summed E-state index contributed by atoms with van der Waals surface area (Å²) < 4.78 is 103. The number of carbonyl (C=O) groups is 1. The van der Waals surface area contributed by atoms with Crippen LogP contribution in [0.15, 0.2) is 11.6 Å². The van der Waals surface area contributed by atoms with Crippen molar-refractivity contribution < 1.29 is 136 Å². The second-order valence-corrected chi connectivity index (χ2v) is 28.1. The lowest BCUT2D eigenvalue weighted by molar-refractivity contribution is -0.408. The topological polar surface area (TPSA) is 439 Å². The van der Waals surface area contributed by atoms with E-state index in [2.05, 4.69) is 19.9 Å². The summed E-state index contributed by atoms with van der Waals surface area (Å²) in [6.07, 6.45) is -39.5. The summed E-state index contributed by atoms with van der Waals surface area (Å²) >= 11 is 0. The van der Waals surface area contributed by atoms with Crippen LogP contribution in [0.5, 0.6) is 0 Å². The average Bonchev–Trinajstić information content (AvgIpc) is 1.32. The van der Waals surface area contributed by atoms with E-state index in [9.17, 15) is 84.1 Å². The second-order valence-electron chi connectivity index (χ2n) is 27.1. The molecule has 0 aromatic rings. The van der Waals surface area contributed by atoms with E-state index in [0.717, 1.165) is 5.57 Å². The first-order chi connectivity index (χ1) is 40.1. The zero-order valence-electron chi connectivity index (χ0n) is 50.0. The molecule has 8 fully saturated rings. The highest BCUT2D eigenvalue weighted by molar-refractivity contribution is 7.80. The number of aliphatic hydroxyl groups excluding tert-OH is 12. The number of hydrogen-bond acceptors (Lipinski definition) is 28. The Kier molecular flexibility index (Phi) is 21.1. The fourth-order valence-electron chi connectivity index (χ4n) is 16.0. The van der Waals surface area contributed by atoms with Gasteiger partial charge in [0.05, 0.1) is 48.8 Å². The number of Topliss-reactive ketones (excluding diaryl/α,β-unsaturated/α-hetero) is 1. The van der Waals surface area contributed by atoms with Gasteiger partial charge in [0.25, 0.3) is 0 Å². The summed E-state index contributed by atoms with van der Waals surface area (Å²) in [6, 6.07) is 0. The highest BCUT2D eigenvalue weighted by Gasteiger charge is 2.64. The van der Waals surface area contributed by atoms with Crippen molar-refractivity contribution in [1.82, 2.24) is 0 Å². The molecule has 13 N–H and O–H groups in total. The van der Waals surface area contributed by atoms with Gasteiger partial charge < -0.3 is 118 Å². The van der Waals surface area contributed by atoms with Gasteiger partial charge in [-0.2, -0.15) is 0 Å². The number of fused-ring (bicyclic) bond motifs is 5. The first-order valence-electron chi connectivity index (χ1n) is 30.3. The Bertz CT molecular complexity index is 2460. The van der Waals surface area contributed by atoms with Crippen LogP contribution in [0.3, 0.4) is 0 Å². The molecule has 0 aromatic heterocycles. The van der Waals surface area contributed by atoms with E-state index in [1.165, 1.54) is 27.7 Å². The summed E-state index contributed by atoms with van der Waals surface area (Å²) in [5, 5.41) is 147. The van der Waals surface area contributed by atoms with E-state index in [-0.39, 0.29) is 48.7 Å². The van der Waals surface area contributed by atoms with Crippen LogP contribution in [0.25, 0.3) is 0 Å². The van der Waals surface area contributed by atoms with Crippen LogP contribution in [0.1, 0.15) is 120 Å². The lowest BCUT2D eigenvalue weighted by Crippen LogP contribution is -2.68. The lowest BCUT2D eigenvalue weighted by atomic mass is 9.47. The zero-order chi connectivity index (χ0) is 63.2. The predicted molar refractivity (Wildman–Crippen MR) is 288 cm³/mol. The van der Waals surface area contributed by atoms with Crippen LogP contribution in [-0.4, -0.2) is 263 Å². The SMILES string of the molecule is CC(C)CC(=O)C[C@](C)(O)[C@H]1CC[C@H]2[C@@H]3C[C@H](O[C@@H]4O[C@H](C)[C@@H](O)[C@H](O[C@@H]5O[C@H](CO)[C@@H](O[C@@H]6O[C@H](C)[C@@H](O)[C@H](O)[C@H]6O[C@@H]6O[C@H](C)[C@H](O)[C@H](O)[C@H]6O)[C@H](O)[C@H]5O[C@@H]5O[C@H](C)[C@@H](O)[C@H](O)[C@H]5O)[C@H]4O)[C@H]4C[C@@H](OS(=O)(=O)[O-])CC[C@]4(C)C3=CC[C@@]21C. The van der Waals surface area contributed by atoms with Crippen LogP contribution < -0.4 is 0 Å². The molecule has 0 radical (unpaired) electrons. The Morgan fingerprint density at radius 3 is 1.69 bits per heavy atom. The smallest absolute Gasteiger partial charge is 0.217 e. The number of carbonyl (C=O) groups excluding carboxylic acids is 1. The molecule has 5 heterocycles. The maximum Gasteiger partial charge on any atom is 0.217 e. The minimum atomic E-state index is -5.15. The van der Waals surface area contributed by atoms with Gasteiger partial charge in [-0.15, -0.1) is 0 Å². The highest BCUT2D eigenvalue weighted by Crippen LogP contribution is 2.67. The van der Waals surface area contributed by atoms with E-state index < -0.39 is 205 Å². The summed E-state index contributed by atoms with van der Waals surface area (Å²) in [7, 11) is -5.15. The molecular formula is C57H93O28S-. The number of rotatable bonds is 18. The number of aliphatic hydroxyl groups is 13. The van der Waals surface area contributed by atoms with Gasteiger partial charge in [-0.1, -0.05) is 39.3 Å². The van der Waals surface area contributed by atoms with Crippen molar-refractivity contribution in [1.29, 1.82) is 0 Å². The monoisotopic (exact) mass is 1260 g/mol. The van der Waals surface area contributed by atoms with E-state index in [1.807, 2.05) is 13.8 Å². The van der Waals surface area contributed by atoms with Crippen LogP contribution in [-0.2, 0) is 66.7 Å². The molecule has 3 saturated carbocycles. The summed E-state index contributed by atoms with van der Waals surface area (Å²) in [6.45, 7) is 14.4. The van der Waals surface area contributed by atoms with Gasteiger partial charge >= 0.3 is 0 Å². The van der Waals surface area contributed by atoms with Crippen molar-refractivity contribution in [3.63, 3.8) is 0 Å². The maximum atomic E-state index is 13.2. The maximum absolute atomic E-state index is 13.2. The number of allylic oxidation sites excluding steroid dienone is 2. The second kappa shape index (κ2) is 26.4. The van der Waals surface area contributed by atoms with Crippen molar-refractivity contribution in [2.24, 2.45) is 40.4 Å². The minimum Gasteiger partial charge on any atom is -0.726 e. The Hall–Kier alpha value is -1.64. The number of hydrogen-bond donors (Lipinski definition) is 13. The molecule has 0 amide bonds. The van der Waals surface area contributed by atoms with Gasteiger partial charge in [-0.05, 0) is 120 Å². The summed E-state index contributed by atoms with van der Waals surface area (Å²) in [5.41, 5.74) is -1.35. The quantitative estimate of drug-likeness (QED) is 0.0379. The van der Waals surface area contributed by atoms with Gasteiger partial charge in [-0.25, -0.2) is 8.42 Å². The normalized spacial score (nSPS) is 51.7. The molecule has 34 atom stereocenters. The molecule has 9 rings (SSSR count). The van der Waals surface area contributed by atoms with Gasteiger partial charge in [0, 0.05) is 12.8 Å². The van der Waals surface area contributed by atoms with Gasteiger partial charge in [0.1, 0.15) is 103 Å². The fourth-order valence-corrected chi connectivity index (χ4v) is 16.5. The van der Waals surface area contributed by atoms with Crippen molar-refractivity contribution >= 4 is 16.2 Å². The molecule has 0 aromatic carbocycles. The first-order valence-corrected chi connectivity index (χ1v) is 31.7. The van der Waals surface area contributed by atoms with Crippen LogP contribution in [0.2, 0.25) is 0 Å². The Balaban J connectivity index is 1.00. The molecule has 28 nitrogen and oxygen atoms in total. The lowest BCUT2D eigenvalue weighted by Gasteiger charge is -2.60. The first kappa shape index (κ1) is 68.7. The molecule has 0 unspecified atom stereocenters. The van der Waals surface area contributed by atoms with E-state index in [4.69, 9.17) is 51.6 Å². The predicted octanol–water partition coefficient (Wildman–Crippen LogP) is -2.63.